The van der Waals surface area contributed by atoms with E-state index in [2.05, 4.69) is 4.98 Å². The van der Waals surface area contributed by atoms with Crippen LogP contribution in [-0.2, 0) is 0 Å². The smallest absolute Gasteiger partial charge is 0.305 e. The fourth-order valence-corrected chi connectivity index (χ4v) is 1.80. The molecule has 0 N–H and O–H groups in total. The Bertz CT molecular complexity index is 707. The van der Waals surface area contributed by atoms with Crippen LogP contribution in [-0.4, -0.2) is 24.1 Å². The molecule has 1 heterocycles. The first-order valence-corrected chi connectivity index (χ1v) is 6.00. The summed E-state index contributed by atoms with van der Waals surface area (Å²) in [4.78, 5) is 15.9. The van der Waals surface area contributed by atoms with Crippen molar-refractivity contribution in [1.82, 2.24) is 4.98 Å². The highest BCUT2D eigenvalue weighted by molar-refractivity contribution is 5.62. The molecule has 7 nitrogen and oxygen atoms in total. The zero-order chi connectivity index (χ0) is 15.4. The van der Waals surface area contributed by atoms with Crippen LogP contribution in [0.2, 0.25) is 0 Å². The summed E-state index contributed by atoms with van der Waals surface area (Å²) in [7, 11) is 3.34. The van der Waals surface area contributed by atoms with Gasteiger partial charge in [0.05, 0.1) is 12.0 Å². The SMILES string of the molecule is COc1ccc(N(C)c2ccc([N+](=O)[O-])c(C#N)n2)cc1. The van der Waals surface area contributed by atoms with Crippen LogP contribution in [0.15, 0.2) is 36.4 Å². The number of aromatic nitrogens is 1. The second-order valence-corrected chi connectivity index (χ2v) is 4.16. The first kappa shape index (κ1) is 14.3. The van der Waals surface area contributed by atoms with E-state index in [4.69, 9.17) is 10.00 Å². The molecule has 0 saturated heterocycles. The van der Waals surface area contributed by atoms with Crippen molar-refractivity contribution >= 4 is 17.2 Å². The minimum Gasteiger partial charge on any atom is -0.497 e. The molecule has 0 unspecified atom stereocenters. The minimum atomic E-state index is -0.622. The molecule has 21 heavy (non-hydrogen) atoms. The van der Waals surface area contributed by atoms with Gasteiger partial charge in [-0.1, -0.05) is 0 Å². The predicted molar refractivity (Wildman–Crippen MR) is 76.7 cm³/mol. The zero-order valence-corrected chi connectivity index (χ0v) is 11.5. The highest BCUT2D eigenvalue weighted by atomic mass is 16.6. The third kappa shape index (κ3) is 2.90. The molecule has 0 saturated carbocycles. The molecular formula is C14H12N4O3. The second-order valence-electron chi connectivity index (χ2n) is 4.16. The summed E-state index contributed by atoms with van der Waals surface area (Å²) in [5, 5.41) is 19.7. The summed E-state index contributed by atoms with van der Waals surface area (Å²) in [6, 6.07) is 11.8. The summed E-state index contributed by atoms with van der Waals surface area (Å²) in [6.07, 6.45) is 0. The van der Waals surface area contributed by atoms with Gasteiger partial charge in [-0.3, -0.25) is 10.1 Å². The molecule has 0 aliphatic rings. The largest absolute Gasteiger partial charge is 0.497 e. The van der Waals surface area contributed by atoms with Crippen molar-refractivity contribution in [2.75, 3.05) is 19.1 Å². The van der Waals surface area contributed by atoms with E-state index in [1.807, 2.05) is 12.1 Å². The summed E-state index contributed by atoms with van der Waals surface area (Å²) >= 11 is 0. The fourth-order valence-electron chi connectivity index (χ4n) is 1.80. The lowest BCUT2D eigenvalue weighted by Crippen LogP contribution is -2.12. The van der Waals surface area contributed by atoms with E-state index < -0.39 is 4.92 Å². The van der Waals surface area contributed by atoms with E-state index >= 15 is 0 Å². The van der Waals surface area contributed by atoms with Gasteiger partial charge in [0.1, 0.15) is 17.6 Å². The monoisotopic (exact) mass is 284 g/mol. The third-order valence-electron chi connectivity index (χ3n) is 2.97. The summed E-state index contributed by atoms with van der Waals surface area (Å²) in [6.45, 7) is 0. The van der Waals surface area contributed by atoms with Crippen molar-refractivity contribution in [3.63, 3.8) is 0 Å². The van der Waals surface area contributed by atoms with Gasteiger partial charge in [-0.15, -0.1) is 0 Å². The number of rotatable bonds is 4. The molecule has 0 bridgehead atoms. The van der Waals surface area contributed by atoms with Crippen molar-refractivity contribution in [1.29, 1.82) is 5.26 Å². The number of nitriles is 1. The average molecular weight is 284 g/mol. The van der Waals surface area contributed by atoms with Gasteiger partial charge in [0, 0.05) is 18.8 Å². The predicted octanol–water partition coefficient (Wildman–Crippen LogP) is 2.64. The Morgan fingerprint density at radius 3 is 2.48 bits per heavy atom. The Morgan fingerprint density at radius 1 is 1.29 bits per heavy atom. The van der Waals surface area contributed by atoms with Crippen LogP contribution in [0, 0.1) is 21.4 Å². The Balaban J connectivity index is 2.36. The first-order valence-electron chi connectivity index (χ1n) is 6.00. The van der Waals surface area contributed by atoms with Crippen molar-refractivity contribution in [3.8, 4) is 11.8 Å². The zero-order valence-electron chi connectivity index (χ0n) is 11.5. The molecule has 0 aliphatic heterocycles. The van der Waals surface area contributed by atoms with Gasteiger partial charge in [-0.2, -0.15) is 5.26 Å². The van der Waals surface area contributed by atoms with Crippen LogP contribution >= 0.6 is 0 Å². The summed E-state index contributed by atoms with van der Waals surface area (Å²) < 4.78 is 5.08. The molecule has 7 heteroatoms. The maximum absolute atomic E-state index is 10.8. The number of pyridine rings is 1. The van der Waals surface area contributed by atoms with Gasteiger partial charge in [-0.05, 0) is 30.3 Å². The van der Waals surface area contributed by atoms with E-state index in [-0.39, 0.29) is 11.4 Å². The number of nitro groups is 1. The molecule has 0 radical (unpaired) electrons. The first-order chi connectivity index (χ1) is 10.1. The van der Waals surface area contributed by atoms with Crippen molar-refractivity contribution in [2.45, 2.75) is 0 Å². The molecule has 0 aliphatic carbocycles. The Morgan fingerprint density at radius 2 is 1.95 bits per heavy atom. The molecule has 0 fully saturated rings. The number of ether oxygens (including phenoxy) is 1. The van der Waals surface area contributed by atoms with E-state index in [0.29, 0.717) is 5.82 Å². The number of benzene rings is 1. The van der Waals surface area contributed by atoms with Crippen molar-refractivity contribution in [3.05, 3.63) is 52.2 Å². The lowest BCUT2D eigenvalue weighted by atomic mass is 10.2. The molecule has 1 aromatic heterocycles. The van der Waals surface area contributed by atoms with Crippen LogP contribution in [0.3, 0.4) is 0 Å². The van der Waals surface area contributed by atoms with Crippen LogP contribution < -0.4 is 9.64 Å². The number of methoxy groups -OCH3 is 1. The van der Waals surface area contributed by atoms with Gasteiger partial charge < -0.3 is 9.64 Å². The number of anilines is 2. The van der Waals surface area contributed by atoms with Gasteiger partial charge in [-0.25, -0.2) is 4.98 Å². The van der Waals surface area contributed by atoms with E-state index in [9.17, 15) is 10.1 Å². The van der Waals surface area contributed by atoms with Gasteiger partial charge >= 0.3 is 5.69 Å². The maximum atomic E-state index is 10.8. The summed E-state index contributed by atoms with van der Waals surface area (Å²) in [5.74, 6) is 1.17. The number of hydrogen-bond donors (Lipinski definition) is 0. The van der Waals surface area contributed by atoms with Crippen molar-refractivity contribution < 1.29 is 9.66 Å². The molecular weight excluding hydrogens is 272 g/mol. The lowest BCUT2D eigenvalue weighted by molar-refractivity contribution is -0.385. The van der Waals surface area contributed by atoms with Gasteiger partial charge in [0.25, 0.3) is 0 Å². The van der Waals surface area contributed by atoms with Gasteiger partial charge in [0.15, 0.2) is 0 Å². The minimum absolute atomic E-state index is 0.210. The quantitative estimate of drug-likeness (QED) is 0.633. The molecule has 2 aromatic rings. The van der Waals surface area contributed by atoms with Gasteiger partial charge in [0.2, 0.25) is 5.69 Å². The number of hydrogen-bond acceptors (Lipinski definition) is 6. The average Bonchev–Trinajstić information content (AvgIpc) is 2.53. The summed E-state index contributed by atoms with van der Waals surface area (Å²) in [5.41, 5.74) is 0.309. The topological polar surface area (TPSA) is 92.3 Å². The Hall–Kier alpha value is -3.14. The maximum Gasteiger partial charge on any atom is 0.305 e. The standard InChI is InChI=1S/C14H12N4O3/c1-17(10-3-5-11(21-2)6-4-10)14-8-7-13(18(19)20)12(9-15)16-14/h3-8H,1-2H3. The fraction of sp³-hybridized carbons (Fsp3) is 0.143. The Kier molecular flexibility index (Phi) is 4.00. The third-order valence-corrected chi connectivity index (χ3v) is 2.97. The Labute approximate surface area is 121 Å². The van der Waals surface area contributed by atoms with Crippen LogP contribution in [0.4, 0.5) is 17.2 Å². The van der Waals surface area contributed by atoms with E-state index in [1.54, 1.807) is 37.3 Å². The molecule has 106 valence electrons. The normalized spacial score (nSPS) is 9.76. The molecule has 0 spiro atoms. The molecule has 2 rings (SSSR count). The van der Waals surface area contributed by atoms with Crippen molar-refractivity contribution in [2.24, 2.45) is 0 Å². The number of nitrogens with zero attached hydrogens (tertiary/aromatic N) is 4. The lowest BCUT2D eigenvalue weighted by Gasteiger charge is -2.18. The van der Waals surface area contributed by atoms with Crippen LogP contribution in [0.1, 0.15) is 5.69 Å². The molecule has 0 amide bonds. The molecule has 0 atom stereocenters. The van der Waals surface area contributed by atoms with Crippen LogP contribution in [0.25, 0.3) is 0 Å². The van der Waals surface area contributed by atoms with E-state index in [1.165, 1.54) is 12.1 Å². The highest BCUT2D eigenvalue weighted by Crippen LogP contribution is 2.26. The van der Waals surface area contributed by atoms with E-state index in [0.717, 1.165) is 11.4 Å². The second kappa shape index (κ2) is 5.88. The molecule has 1 aromatic carbocycles. The van der Waals surface area contributed by atoms with Crippen LogP contribution in [0.5, 0.6) is 5.75 Å². The highest BCUT2D eigenvalue weighted by Gasteiger charge is 2.17.